The zero-order valence-electron chi connectivity index (χ0n) is 9.68. The lowest BCUT2D eigenvalue weighted by Crippen LogP contribution is -2.06. The summed E-state index contributed by atoms with van der Waals surface area (Å²) >= 11 is 0. The Morgan fingerprint density at radius 2 is 2.06 bits per heavy atom. The summed E-state index contributed by atoms with van der Waals surface area (Å²) in [6.45, 7) is 2.27. The maximum absolute atomic E-state index is 12.3. The van der Waals surface area contributed by atoms with Gasteiger partial charge < -0.3 is 5.73 Å². The quantitative estimate of drug-likeness (QED) is 0.815. The average Bonchev–Trinajstić information content (AvgIpc) is 2.38. The van der Waals surface area contributed by atoms with Gasteiger partial charge in [0.2, 0.25) is 0 Å². The molecule has 0 unspecified atom stereocenters. The molecule has 0 fully saturated rings. The van der Waals surface area contributed by atoms with Crippen LogP contribution in [0, 0.1) is 6.92 Å². The van der Waals surface area contributed by atoms with Gasteiger partial charge in [0.15, 0.2) is 5.78 Å². The summed E-state index contributed by atoms with van der Waals surface area (Å²) < 4.78 is 0. The third kappa shape index (κ3) is 2.40. The molecule has 0 radical (unpaired) electrons. The third-order valence-electron chi connectivity index (χ3n) is 2.68. The fourth-order valence-electron chi connectivity index (χ4n) is 1.71. The van der Waals surface area contributed by atoms with Crippen LogP contribution in [0.3, 0.4) is 0 Å². The van der Waals surface area contributed by atoms with E-state index in [2.05, 4.69) is 4.98 Å². The summed E-state index contributed by atoms with van der Waals surface area (Å²) in [5, 5.41) is 0. The van der Waals surface area contributed by atoms with Gasteiger partial charge in [0.1, 0.15) is 0 Å². The van der Waals surface area contributed by atoms with Gasteiger partial charge in [-0.15, -0.1) is 0 Å². The lowest BCUT2D eigenvalue weighted by molar-refractivity contribution is 0.103. The van der Waals surface area contributed by atoms with Crippen LogP contribution in [0.25, 0.3) is 0 Å². The molecule has 0 saturated carbocycles. The van der Waals surface area contributed by atoms with Gasteiger partial charge in [-0.3, -0.25) is 9.78 Å². The molecular weight excluding hydrogens is 212 g/mol. The van der Waals surface area contributed by atoms with E-state index in [4.69, 9.17) is 5.73 Å². The van der Waals surface area contributed by atoms with Crippen molar-refractivity contribution >= 4 is 5.78 Å². The Labute approximate surface area is 100 Å². The third-order valence-corrected chi connectivity index (χ3v) is 2.68. The van der Waals surface area contributed by atoms with Gasteiger partial charge in [-0.1, -0.05) is 24.3 Å². The van der Waals surface area contributed by atoms with Gasteiger partial charge in [-0.2, -0.15) is 0 Å². The van der Waals surface area contributed by atoms with E-state index in [0.717, 1.165) is 16.8 Å². The largest absolute Gasteiger partial charge is 0.325 e. The minimum Gasteiger partial charge on any atom is -0.325 e. The monoisotopic (exact) mass is 226 g/mol. The molecule has 86 valence electrons. The van der Waals surface area contributed by atoms with Crippen LogP contribution in [0.15, 0.2) is 42.6 Å². The van der Waals surface area contributed by atoms with E-state index in [-0.39, 0.29) is 5.78 Å². The molecular formula is C14H14N2O. The highest BCUT2D eigenvalue weighted by molar-refractivity contribution is 6.09. The van der Waals surface area contributed by atoms with Crippen molar-refractivity contribution in [1.29, 1.82) is 0 Å². The van der Waals surface area contributed by atoms with Crippen molar-refractivity contribution in [3.63, 3.8) is 0 Å². The van der Waals surface area contributed by atoms with Crippen molar-refractivity contribution in [1.82, 2.24) is 4.98 Å². The standard InChI is InChI=1S/C14H14N2O/c1-10-4-2-3-5-13(10)14(17)11-6-7-16-12(8-11)9-15/h2-8H,9,15H2,1H3. The summed E-state index contributed by atoms with van der Waals surface area (Å²) in [7, 11) is 0. The molecule has 0 bridgehead atoms. The van der Waals surface area contributed by atoms with Crippen LogP contribution in [-0.4, -0.2) is 10.8 Å². The van der Waals surface area contributed by atoms with Gasteiger partial charge in [0.25, 0.3) is 0 Å². The van der Waals surface area contributed by atoms with E-state index in [1.807, 2.05) is 31.2 Å². The molecule has 17 heavy (non-hydrogen) atoms. The number of nitrogens with two attached hydrogens (primary N) is 1. The number of aromatic nitrogens is 1. The molecule has 0 aliphatic carbocycles. The van der Waals surface area contributed by atoms with Crippen LogP contribution < -0.4 is 5.73 Å². The van der Waals surface area contributed by atoms with Crippen molar-refractivity contribution in [3.05, 3.63) is 65.0 Å². The van der Waals surface area contributed by atoms with Crippen molar-refractivity contribution in [2.24, 2.45) is 5.73 Å². The first kappa shape index (κ1) is 11.5. The predicted molar refractivity (Wildman–Crippen MR) is 66.7 cm³/mol. The first-order valence-electron chi connectivity index (χ1n) is 5.47. The van der Waals surface area contributed by atoms with E-state index in [1.54, 1.807) is 18.3 Å². The average molecular weight is 226 g/mol. The number of aryl methyl sites for hydroxylation is 1. The van der Waals surface area contributed by atoms with E-state index in [9.17, 15) is 4.79 Å². The number of ketones is 1. The van der Waals surface area contributed by atoms with Crippen LogP contribution in [0.1, 0.15) is 27.2 Å². The molecule has 2 rings (SSSR count). The zero-order valence-corrected chi connectivity index (χ0v) is 9.68. The second-order valence-corrected chi connectivity index (χ2v) is 3.88. The number of carbonyl (C=O) groups excluding carboxylic acids is 1. The maximum Gasteiger partial charge on any atom is 0.193 e. The Morgan fingerprint density at radius 3 is 2.76 bits per heavy atom. The molecule has 0 amide bonds. The molecule has 0 atom stereocenters. The second-order valence-electron chi connectivity index (χ2n) is 3.88. The topological polar surface area (TPSA) is 56.0 Å². The number of rotatable bonds is 3. The molecule has 0 saturated heterocycles. The number of hydrogen-bond acceptors (Lipinski definition) is 3. The van der Waals surface area contributed by atoms with E-state index >= 15 is 0 Å². The van der Waals surface area contributed by atoms with Crippen molar-refractivity contribution in [2.45, 2.75) is 13.5 Å². The van der Waals surface area contributed by atoms with Crippen molar-refractivity contribution in [2.75, 3.05) is 0 Å². The lowest BCUT2D eigenvalue weighted by atomic mass is 9.99. The molecule has 0 spiro atoms. The molecule has 3 heteroatoms. The van der Waals surface area contributed by atoms with E-state index < -0.39 is 0 Å². The first-order valence-corrected chi connectivity index (χ1v) is 5.47. The second kappa shape index (κ2) is 4.89. The lowest BCUT2D eigenvalue weighted by Gasteiger charge is -2.05. The smallest absolute Gasteiger partial charge is 0.193 e. The highest BCUT2D eigenvalue weighted by Crippen LogP contribution is 2.14. The molecule has 1 heterocycles. The Kier molecular flexibility index (Phi) is 3.30. The zero-order chi connectivity index (χ0) is 12.3. The fourth-order valence-corrected chi connectivity index (χ4v) is 1.71. The molecule has 0 aliphatic rings. The molecule has 1 aromatic carbocycles. The van der Waals surface area contributed by atoms with E-state index in [1.165, 1.54) is 0 Å². The highest BCUT2D eigenvalue weighted by atomic mass is 16.1. The van der Waals surface area contributed by atoms with Crippen molar-refractivity contribution in [3.8, 4) is 0 Å². The molecule has 2 aromatic rings. The number of hydrogen-bond donors (Lipinski definition) is 1. The minimum absolute atomic E-state index is 0.0141. The summed E-state index contributed by atoms with van der Waals surface area (Å²) in [6, 6.07) is 11.0. The van der Waals surface area contributed by atoms with Crippen LogP contribution in [0.2, 0.25) is 0 Å². The van der Waals surface area contributed by atoms with Gasteiger partial charge in [0, 0.05) is 23.9 Å². The number of carbonyl (C=O) groups is 1. The Bertz CT molecular complexity index is 549. The van der Waals surface area contributed by atoms with Crippen LogP contribution in [0.5, 0.6) is 0 Å². The predicted octanol–water partition coefficient (Wildman–Crippen LogP) is 2.08. The fraction of sp³-hybridized carbons (Fsp3) is 0.143. The highest BCUT2D eigenvalue weighted by Gasteiger charge is 2.11. The van der Waals surface area contributed by atoms with Gasteiger partial charge >= 0.3 is 0 Å². The van der Waals surface area contributed by atoms with Gasteiger partial charge in [0.05, 0.1) is 5.69 Å². The molecule has 0 aliphatic heterocycles. The normalized spacial score (nSPS) is 10.2. The van der Waals surface area contributed by atoms with Gasteiger partial charge in [-0.25, -0.2) is 0 Å². The number of benzene rings is 1. The number of nitrogens with zero attached hydrogens (tertiary/aromatic N) is 1. The summed E-state index contributed by atoms with van der Waals surface area (Å²) in [4.78, 5) is 16.3. The van der Waals surface area contributed by atoms with Crippen LogP contribution >= 0.6 is 0 Å². The first-order chi connectivity index (χ1) is 8.22. The Hall–Kier alpha value is -2.00. The molecule has 2 N–H and O–H groups in total. The summed E-state index contributed by atoms with van der Waals surface area (Å²) in [5.41, 5.74) is 8.57. The van der Waals surface area contributed by atoms with Crippen LogP contribution in [-0.2, 0) is 6.54 Å². The molecule has 3 nitrogen and oxygen atoms in total. The van der Waals surface area contributed by atoms with Crippen LogP contribution in [0.4, 0.5) is 0 Å². The maximum atomic E-state index is 12.3. The van der Waals surface area contributed by atoms with Gasteiger partial charge in [-0.05, 0) is 24.6 Å². The minimum atomic E-state index is 0.0141. The Balaban J connectivity index is 2.40. The van der Waals surface area contributed by atoms with Crippen molar-refractivity contribution < 1.29 is 4.79 Å². The number of pyridine rings is 1. The summed E-state index contributed by atoms with van der Waals surface area (Å²) in [5.74, 6) is 0.0141. The van der Waals surface area contributed by atoms with E-state index in [0.29, 0.717) is 12.1 Å². The molecule has 1 aromatic heterocycles. The summed E-state index contributed by atoms with van der Waals surface area (Å²) in [6.07, 6.45) is 1.62. The SMILES string of the molecule is Cc1ccccc1C(=O)c1ccnc(CN)c1. The Morgan fingerprint density at radius 1 is 1.29 bits per heavy atom.